The van der Waals surface area contributed by atoms with Crippen molar-refractivity contribution in [2.45, 2.75) is 39.7 Å². The molecule has 0 aliphatic carbocycles. The monoisotopic (exact) mass is 229 g/mol. The van der Waals surface area contributed by atoms with E-state index >= 15 is 0 Å². The predicted octanol–water partition coefficient (Wildman–Crippen LogP) is 0.00220. The Labute approximate surface area is 97.2 Å². The van der Waals surface area contributed by atoms with Crippen LogP contribution in [0.15, 0.2) is 0 Å². The number of carbonyl (C=O) groups is 2. The second-order valence-corrected chi connectivity index (χ2v) is 4.58. The second-order valence-electron chi connectivity index (χ2n) is 4.58. The molecular weight excluding hydrogens is 206 g/mol. The Morgan fingerprint density at radius 3 is 2.38 bits per heavy atom. The van der Waals surface area contributed by atoms with Crippen LogP contribution in [0.1, 0.15) is 33.6 Å². The van der Waals surface area contributed by atoms with Crippen LogP contribution in [0.5, 0.6) is 0 Å². The smallest absolute Gasteiger partial charge is 0.236 e. The molecule has 0 saturated heterocycles. The minimum absolute atomic E-state index is 0.100. The maximum absolute atomic E-state index is 11.5. The van der Waals surface area contributed by atoms with E-state index in [0.717, 1.165) is 6.42 Å². The molecule has 0 aromatic carbocycles. The average molecular weight is 229 g/mol. The lowest BCUT2D eigenvalue weighted by Gasteiger charge is -2.23. The average Bonchev–Trinajstić information content (AvgIpc) is 2.25. The molecule has 0 aromatic rings. The maximum atomic E-state index is 11.5. The first-order chi connectivity index (χ1) is 7.35. The Morgan fingerprint density at radius 2 is 1.94 bits per heavy atom. The van der Waals surface area contributed by atoms with Crippen LogP contribution < -0.4 is 16.4 Å². The fourth-order valence-electron chi connectivity index (χ4n) is 1.30. The van der Waals surface area contributed by atoms with E-state index in [1.165, 1.54) is 0 Å². The third kappa shape index (κ3) is 4.61. The first-order valence-electron chi connectivity index (χ1n) is 5.60. The van der Waals surface area contributed by atoms with Gasteiger partial charge < -0.3 is 16.4 Å². The molecule has 0 fully saturated rings. The molecule has 0 aliphatic heterocycles. The summed E-state index contributed by atoms with van der Waals surface area (Å²) < 4.78 is 0. The number of hydrogen-bond acceptors (Lipinski definition) is 3. The fourth-order valence-corrected chi connectivity index (χ4v) is 1.30. The van der Waals surface area contributed by atoms with Crippen LogP contribution in [0, 0.1) is 5.41 Å². The zero-order chi connectivity index (χ0) is 12.8. The van der Waals surface area contributed by atoms with E-state index in [1.54, 1.807) is 20.9 Å². The molecule has 0 bridgehead atoms. The number of carbonyl (C=O) groups excluding carboxylic acids is 2. The highest BCUT2D eigenvalue weighted by Gasteiger charge is 2.27. The first kappa shape index (κ1) is 14.9. The van der Waals surface area contributed by atoms with Gasteiger partial charge in [-0.3, -0.25) is 9.59 Å². The molecule has 0 spiro atoms. The SMILES string of the molecule is CCC[C@@H](N)C(=O)NCC(C)(C)C(=O)NC. The third-order valence-electron chi connectivity index (χ3n) is 2.48. The summed E-state index contributed by atoms with van der Waals surface area (Å²) in [6, 6.07) is -0.481. The molecule has 16 heavy (non-hydrogen) atoms. The number of hydrogen-bond donors (Lipinski definition) is 3. The van der Waals surface area contributed by atoms with E-state index in [0.29, 0.717) is 13.0 Å². The molecule has 0 heterocycles. The molecule has 0 aliphatic rings. The highest BCUT2D eigenvalue weighted by molar-refractivity contribution is 5.84. The van der Waals surface area contributed by atoms with Gasteiger partial charge in [-0.15, -0.1) is 0 Å². The van der Waals surface area contributed by atoms with Crippen LogP contribution in [0.2, 0.25) is 0 Å². The van der Waals surface area contributed by atoms with Gasteiger partial charge in [0.15, 0.2) is 0 Å². The molecule has 94 valence electrons. The quantitative estimate of drug-likeness (QED) is 0.599. The van der Waals surface area contributed by atoms with E-state index in [-0.39, 0.29) is 11.8 Å². The van der Waals surface area contributed by atoms with Crippen LogP contribution >= 0.6 is 0 Å². The number of nitrogens with one attached hydrogen (secondary N) is 2. The van der Waals surface area contributed by atoms with E-state index < -0.39 is 11.5 Å². The van der Waals surface area contributed by atoms with Gasteiger partial charge in [-0.1, -0.05) is 13.3 Å². The maximum Gasteiger partial charge on any atom is 0.236 e. The summed E-state index contributed by atoms with van der Waals surface area (Å²) in [6.07, 6.45) is 1.53. The minimum Gasteiger partial charge on any atom is -0.359 e. The summed E-state index contributed by atoms with van der Waals surface area (Å²) in [5, 5.41) is 5.26. The zero-order valence-corrected chi connectivity index (χ0v) is 10.6. The van der Waals surface area contributed by atoms with E-state index in [4.69, 9.17) is 5.73 Å². The summed E-state index contributed by atoms with van der Waals surface area (Å²) in [5.41, 5.74) is 5.04. The van der Waals surface area contributed by atoms with E-state index in [2.05, 4.69) is 10.6 Å². The summed E-state index contributed by atoms with van der Waals surface area (Å²) >= 11 is 0. The van der Waals surface area contributed by atoms with Gasteiger partial charge in [-0.05, 0) is 20.3 Å². The number of rotatable bonds is 6. The molecule has 0 rings (SSSR count). The lowest BCUT2D eigenvalue weighted by molar-refractivity contribution is -0.129. The molecule has 1 atom stereocenters. The molecular formula is C11H23N3O2. The van der Waals surface area contributed by atoms with Crippen LogP contribution in [0.4, 0.5) is 0 Å². The summed E-state index contributed by atoms with van der Waals surface area (Å²) in [7, 11) is 1.58. The van der Waals surface area contributed by atoms with Gasteiger partial charge in [0, 0.05) is 13.6 Å². The largest absolute Gasteiger partial charge is 0.359 e. The van der Waals surface area contributed by atoms with Crippen LogP contribution in [-0.4, -0.2) is 31.4 Å². The lowest BCUT2D eigenvalue weighted by atomic mass is 9.92. The number of amides is 2. The Kier molecular flexibility index (Phi) is 6.03. The highest BCUT2D eigenvalue weighted by atomic mass is 16.2. The fraction of sp³-hybridized carbons (Fsp3) is 0.818. The summed E-state index contributed by atoms with van der Waals surface area (Å²) in [6.45, 7) is 5.82. The molecule has 0 unspecified atom stereocenters. The Bertz CT molecular complexity index is 252. The van der Waals surface area contributed by atoms with E-state index in [9.17, 15) is 9.59 Å². The molecule has 0 aromatic heterocycles. The molecule has 2 amide bonds. The topological polar surface area (TPSA) is 84.2 Å². The van der Waals surface area contributed by atoms with Gasteiger partial charge in [-0.25, -0.2) is 0 Å². The van der Waals surface area contributed by atoms with Crippen molar-refractivity contribution < 1.29 is 9.59 Å². The van der Waals surface area contributed by atoms with Gasteiger partial charge in [0.25, 0.3) is 0 Å². The minimum atomic E-state index is -0.615. The van der Waals surface area contributed by atoms with Crippen molar-refractivity contribution in [3.05, 3.63) is 0 Å². The summed E-state index contributed by atoms with van der Waals surface area (Å²) in [5.74, 6) is -0.296. The van der Waals surface area contributed by atoms with Crippen molar-refractivity contribution in [1.82, 2.24) is 10.6 Å². The Hall–Kier alpha value is -1.10. The highest BCUT2D eigenvalue weighted by Crippen LogP contribution is 2.13. The zero-order valence-electron chi connectivity index (χ0n) is 10.6. The third-order valence-corrected chi connectivity index (χ3v) is 2.48. The van der Waals surface area contributed by atoms with Crippen molar-refractivity contribution in [3.63, 3.8) is 0 Å². The second kappa shape index (κ2) is 6.48. The normalized spacial score (nSPS) is 13.1. The number of nitrogens with two attached hydrogens (primary N) is 1. The van der Waals surface area contributed by atoms with Gasteiger partial charge in [0.1, 0.15) is 0 Å². The predicted molar refractivity (Wildman–Crippen MR) is 63.7 cm³/mol. The first-order valence-corrected chi connectivity index (χ1v) is 5.60. The van der Waals surface area contributed by atoms with Crippen molar-refractivity contribution >= 4 is 11.8 Å². The molecule has 5 heteroatoms. The van der Waals surface area contributed by atoms with Crippen molar-refractivity contribution in [1.29, 1.82) is 0 Å². The van der Waals surface area contributed by atoms with Crippen LogP contribution in [0.3, 0.4) is 0 Å². The van der Waals surface area contributed by atoms with Gasteiger partial charge >= 0.3 is 0 Å². The Morgan fingerprint density at radius 1 is 1.38 bits per heavy atom. The van der Waals surface area contributed by atoms with Crippen LogP contribution in [-0.2, 0) is 9.59 Å². The van der Waals surface area contributed by atoms with Crippen LogP contribution in [0.25, 0.3) is 0 Å². The molecule has 5 nitrogen and oxygen atoms in total. The van der Waals surface area contributed by atoms with Gasteiger partial charge in [0.2, 0.25) is 11.8 Å². The van der Waals surface area contributed by atoms with Crippen molar-refractivity contribution in [2.24, 2.45) is 11.1 Å². The van der Waals surface area contributed by atoms with Crippen molar-refractivity contribution in [2.75, 3.05) is 13.6 Å². The molecule has 0 saturated carbocycles. The molecule has 4 N–H and O–H groups in total. The summed E-state index contributed by atoms with van der Waals surface area (Å²) in [4.78, 5) is 23.0. The standard InChI is InChI=1S/C11H23N3O2/c1-5-6-8(12)9(15)14-7-11(2,3)10(16)13-4/h8H,5-7,12H2,1-4H3,(H,13,16)(H,14,15)/t8-/m1/s1. The van der Waals surface area contributed by atoms with Gasteiger partial charge in [0.05, 0.1) is 11.5 Å². The van der Waals surface area contributed by atoms with Crippen molar-refractivity contribution in [3.8, 4) is 0 Å². The Balaban J connectivity index is 4.14. The van der Waals surface area contributed by atoms with Gasteiger partial charge in [-0.2, -0.15) is 0 Å². The molecule has 0 radical (unpaired) electrons. The van der Waals surface area contributed by atoms with E-state index in [1.807, 2.05) is 6.92 Å². The lowest BCUT2D eigenvalue weighted by Crippen LogP contribution is -2.48.